The minimum atomic E-state index is -4.48. The highest BCUT2D eigenvalue weighted by molar-refractivity contribution is 7.89. The molecule has 0 bridgehead atoms. The first-order chi connectivity index (χ1) is 11.7. The van der Waals surface area contributed by atoms with Crippen LogP contribution < -0.4 is 4.72 Å². The smallest absolute Gasteiger partial charge is 0.274 e. The molecular weight excluding hydrogens is 359 g/mol. The van der Waals surface area contributed by atoms with E-state index in [-0.39, 0.29) is 23.9 Å². The Balaban J connectivity index is 1.60. The topological polar surface area (TPSA) is 81.8 Å². The van der Waals surface area contributed by atoms with Gasteiger partial charge < -0.3 is 0 Å². The van der Waals surface area contributed by atoms with Crippen molar-refractivity contribution in [1.29, 1.82) is 0 Å². The maximum absolute atomic E-state index is 12.8. The average molecular weight is 377 g/mol. The molecule has 11 heteroatoms. The van der Waals surface area contributed by atoms with E-state index in [0.29, 0.717) is 12.1 Å². The predicted octanol–water partition coefficient (Wildman–Crippen LogP) is 1.88. The summed E-state index contributed by atoms with van der Waals surface area (Å²) in [4.78, 5) is 0.0483. The van der Waals surface area contributed by atoms with Gasteiger partial charge in [0.1, 0.15) is 4.90 Å². The molecule has 2 aromatic heterocycles. The number of sulfonamides is 1. The van der Waals surface area contributed by atoms with Crippen LogP contribution in [0.4, 0.5) is 13.2 Å². The third-order valence-corrected chi connectivity index (χ3v) is 5.34. The second-order valence-electron chi connectivity index (χ2n) is 6.05. The van der Waals surface area contributed by atoms with Crippen molar-refractivity contribution in [2.45, 2.75) is 42.8 Å². The first-order valence-corrected chi connectivity index (χ1v) is 9.28. The molecule has 0 spiro atoms. The van der Waals surface area contributed by atoms with Crippen molar-refractivity contribution in [3.63, 3.8) is 0 Å². The quantitative estimate of drug-likeness (QED) is 0.747. The summed E-state index contributed by atoms with van der Waals surface area (Å²) >= 11 is 0. The van der Waals surface area contributed by atoms with Crippen molar-refractivity contribution in [2.24, 2.45) is 7.05 Å². The molecule has 0 aromatic carbocycles. The van der Waals surface area contributed by atoms with Crippen molar-refractivity contribution in [3.8, 4) is 0 Å². The Kier molecular flexibility index (Phi) is 4.62. The van der Waals surface area contributed by atoms with E-state index >= 15 is 0 Å². The number of hydrogen-bond acceptors (Lipinski definition) is 4. The lowest BCUT2D eigenvalue weighted by atomic mass is 10.2. The molecule has 25 heavy (non-hydrogen) atoms. The van der Waals surface area contributed by atoms with E-state index in [4.69, 9.17) is 0 Å². The van der Waals surface area contributed by atoms with Crippen LogP contribution in [0.25, 0.3) is 0 Å². The summed E-state index contributed by atoms with van der Waals surface area (Å²) in [6, 6.07) is 1.09. The average Bonchev–Trinajstić information content (AvgIpc) is 3.09. The molecule has 3 rings (SSSR count). The van der Waals surface area contributed by atoms with Crippen LogP contribution in [0.3, 0.4) is 0 Å². The molecule has 7 nitrogen and oxygen atoms in total. The number of aryl methyl sites for hydroxylation is 2. The molecule has 1 aliphatic carbocycles. The van der Waals surface area contributed by atoms with Gasteiger partial charge in [-0.05, 0) is 25.3 Å². The van der Waals surface area contributed by atoms with Gasteiger partial charge in [0.25, 0.3) is 0 Å². The van der Waals surface area contributed by atoms with Crippen LogP contribution in [0.5, 0.6) is 0 Å². The van der Waals surface area contributed by atoms with Crippen LogP contribution in [-0.4, -0.2) is 34.5 Å². The van der Waals surface area contributed by atoms with Gasteiger partial charge >= 0.3 is 6.18 Å². The Bertz CT molecular complexity index is 852. The van der Waals surface area contributed by atoms with Gasteiger partial charge in [0.2, 0.25) is 10.0 Å². The van der Waals surface area contributed by atoms with Gasteiger partial charge in [0.15, 0.2) is 5.69 Å². The lowest BCUT2D eigenvalue weighted by Crippen LogP contribution is -2.25. The number of nitrogens with one attached hydrogen (secondary N) is 1. The van der Waals surface area contributed by atoms with Crippen LogP contribution in [0.2, 0.25) is 0 Å². The number of rotatable bonds is 7. The fourth-order valence-corrected chi connectivity index (χ4v) is 3.57. The molecule has 2 aromatic rings. The SMILES string of the molecule is Cn1cc(S(=O)(=O)NCCCn2nc(C(F)(F)F)cc2C2CC2)cn1. The van der Waals surface area contributed by atoms with E-state index < -0.39 is 21.9 Å². The first-order valence-electron chi connectivity index (χ1n) is 7.80. The lowest BCUT2D eigenvalue weighted by Gasteiger charge is -2.08. The zero-order valence-corrected chi connectivity index (χ0v) is 14.3. The van der Waals surface area contributed by atoms with Gasteiger partial charge in [0, 0.05) is 37.9 Å². The van der Waals surface area contributed by atoms with Gasteiger partial charge in [-0.25, -0.2) is 13.1 Å². The predicted molar refractivity (Wildman–Crippen MR) is 82.2 cm³/mol. The number of alkyl halides is 3. The highest BCUT2D eigenvalue weighted by Crippen LogP contribution is 2.42. The largest absolute Gasteiger partial charge is 0.435 e. The third-order valence-electron chi connectivity index (χ3n) is 3.93. The number of aromatic nitrogens is 4. The fraction of sp³-hybridized carbons (Fsp3) is 0.571. The molecule has 0 radical (unpaired) electrons. The molecule has 0 aliphatic heterocycles. The van der Waals surface area contributed by atoms with Gasteiger partial charge in [-0.1, -0.05) is 0 Å². The first kappa shape index (κ1) is 17.9. The molecule has 1 fully saturated rings. The van der Waals surface area contributed by atoms with E-state index in [2.05, 4.69) is 14.9 Å². The maximum atomic E-state index is 12.8. The molecule has 1 aliphatic rings. The van der Waals surface area contributed by atoms with Gasteiger partial charge in [0.05, 0.1) is 6.20 Å². The Morgan fingerprint density at radius 2 is 2.08 bits per heavy atom. The second kappa shape index (κ2) is 6.45. The Hall–Kier alpha value is -1.88. The molecule has 1 saturated carbocycles. The highest BCUT2D eigenvalue weighted by Gasteiger charge is 2.37. The third kappa shape index (κ3) is 4.21. The molecule has 0 amide bonds. The lowest BCUT2D eigenvalue weighted by molar-refractivity contribution is -0.141. The van der Waals surface area contributed by atoms with Crippen LogP contribution in [-0.2, 0) is 29.8 Å². The van der Waals surface area contributed by atoms with Crippen molar-refractivity contribution >= 4 is 10.0 Å². The van der Waals surface area contributed by atoms with E-state index in [1.54, 1.807) is 7.05 Å². The minimum absolute atomic E-state index is 0.0483. The summed E-state index contributed by atoms with van der Waals surface area (Å²) < 4.78 is 67.7. The fourth-order valence-electron chi connectivity index (χ4n) is 2.51. The molecule has 0 atom stereocenters. The Morgan fingerprint density at radius 3 is 2.64 bits per heavy atom. The highest BCUT2D eigenvalue weighted by atomic mass is 32.2. The number of hydrogen-bond donors (Lipinski definition) is 1. The van der Waals surface area contributed by atoms with Crippen molar-refractivity contribution in [1.82, 2.24) is 24.3 Å². The summed E-state index contributed by atoms with van der Waals surface area (Å²) in [5, 5.41) is 7.44. The summed E-state index contributed by atoms with van der Waals surface area (Å²) in [6.45, 7) is 0.319. The van der Waals surface area contributed by atoms with Crippen LogP contribution in [0.1, 0.15) is 36.6 Å². The second-order valence-corrected chi connectivity index (χ2v) is 7.82. The van der Waals surface area contributed by atoms with E-state index in [1.165, 1.54) is 21.8 Å². The molecule has 0 saturated heterocycles. The van der Waals surface area contributed by atoms with Crippen molar-refractivity contribution < 1.29 is 21.6 Å². The van der Waals surface area contributed by atoms with Gasteiger partial charge in [-0.3, -0.25) is 9.36 Å². The summed E-state index contributed by atoms with van der Waals surface area (Å²) in [6.07, 6.45) is 0.176. The standard InChI is InChI=1S/C14H18F3N5O2S/c1-21-9-11(8-18-21)25(23,24)19-5-2-6-22-12(10-3-4-10)7-13(20-22)14(15,16)17/h7-10,19H,2-6H2,1H3. The van der Waals surface area contributed by atoms with Crippen LogP contribution in [0, 0.1) is 0 Å². The van der Waals surface area contributed by atoms with Crippen LogP contribution in [0.15, 0.2) is 23.4 Å². The minimum Gasteiger partial charge on any atom is -0.274 e. The Labute approximate surface area is 142 Å². The monoisotopic (exact) mass is 377 g/mol. The van der Waals surface area contributed by atoms with Crippen LogP contribution >= 0.6 is 0 Å². The maximum Gasteiger partial charge on any atom is 0.435 e. The molecular formula is C14H18F3N5O2S. The molecule has 2 heterocycles. The van der Waals surface area contributed by atoms with E-state index in [0.717, 1.165) is 18.9 Å². The van der Waals surface area contributed by atoms with E-state index in [9.17, 15) is 21.6 Å². The van der Waals surface area contributed by atoms with Gasteiger partial charge in [-0.2, -0.15) is 23.4 Å². The normalized spacial score (nSPS) is 15.7. The molecule has 1 N–H and O–H groups in total. The number of halogens is 3. The summed E-state index contributed by atoms with van der Waals surface area (Å²) in [7, 11) is -2.06. The number of nitrogens with zero attached hydrogens (tertiary/aromatic N) is 4. The van der Waals surface area contributed by atoms with Crippen molar-refractivity contribution in [2.75, 3.05) is 6.54 Å². The zero-order valence-electron chi connectivity index (χ0n) is 13.5. The summed E-state index contributed by atoms with van der Waals surface area (Å²) in [5.41, 5.74) is -0.326. The van der Waals surface area contributed by atoms with Crippen molar-refractivity contribution in [3.05, 3.63) is 29.8 Å². The summed E-state index contributed by atoms with van der Waals surface area (Å²) in [5.74, 6) is 0.121. The van der Waals surface area contributed by atoms with Gasteiger partial charge in [-0.15, -0.1) is 0 Å². The Morgan fingerprint density at radius 1 is 1.36 bits per heavy atom. The molecule has 0 unspecified atom stereocenters. The molecule has 138 valence electrons. The zero-order chi connectivity index (χ0) is 18.2. The van der Waals surface area contributed by atoms with E-state index in [1.807, 2.05) is 0 Å².